The third-order valence-electron chi connectivity index (χ3n) is 4.67. The Balaban J connectivity index is 1.77. The molecular weight excluding hydrogens is 356 g/mol. The van der Waals surface area contributed by atoms with Crippen LogP contribution in [0, 0.1) is 0 Å². The van der Waals surface area contributed by atoms with Gasteiger partial charge in [-0.05, 0) is 49.7 Å². The quantitative estimate of drug-likeness (QED) is 0.627. The third kappa shape index (κ3) is 3.98. The zero-order chi connectivity index (χ0) is 20.1. The van der Waals surface area contributed by atoms with Gasteiger partial charge in [-0.2, -0.15) is 5.10 Å². The Morgan fingerprint density at radius 3 is 2.54 bits per heavy atom. The molecule has 146 valence electrons. The Morgan fingerprint density at radius 2 is 1.93 bits per heavy atom. The first-order chi connectivity index (χ1) is 13.5. The molecule has 1 heterocycles. The average Bonchev–Trinajstić information content (AvgIpc) is 3.27. The smallest absolute Gasteiger partial charge is 0.254 e. The second-order valence-electron chi connectivity index (χ2n) is 6.32. The second-order valence-corrected chi connectivity index (χ2v) is 6.32. The summed E-state index contributed by atoms with van der Waals surface area (Å²) < 4.78 is 12.6. The zero-order valence-electron chi connectivity index (χ0n) is 16.5. The number of carbonyl (C=O) groups is 1. The molecule has 0 N–H and O–H groups in total. The van der Waals surface area contributed by atoms with Gasteiger partial charge in [0.05, 0.1) is 25.4 Å². The molecule has 0 fully saturated rings. The van der Waals surface area contributed by atoms with Crippen molar-refractivity contribution in [3.8, 4) is 17.2 Å². The van der Waals surface area contributed by atoms with Crippen LogP contribution in [0.2, 0.25) is 0 Å². The van der Waals surface area contributed by atoms with Gasteiger partial charge in [0, 0.05) is 12.6 Å². The van der Waals surface area contributed by atoms with Crippen molar-refractivity contribution >= 4 is 5.91 Å². The molecule has 7 nitrogen and oxygen atoms in total. The molecule has 7 heteroatoms. The van der Waals surface area contributed by atoms with Gasteiger partial charge in [0.15, 0.2) is 11.5 Å². The summed E-state index contributed by atoms with van der Waals surface area (Å²) in [5.41, 5.74) is 2.49. The molecule has 1 atom stereocenters. The number of methoxy groups -OCH3 is 1. The lowest BCUT2D eigenvalue weighted by Gasteiger charge is -2.26. The van der Waals surface area contributed by atoms with Crippen LogP contribution in [0.5, 0.6) is 11.5 Å². The number of rotatable bonds is 7. The van der Waals surface area contributed by atoms with Gasteiger partial charge in [0.1, 0.15) is 12.7 Å². The molecule has 0 spiro atoms. The minimum Gasteiger partial charge on any atom is -0.493 e. The number of ether oxygens (including phenoxy) is 2. The van der Waals surface area contributed by atoms with E-state index in [4.69, 9.17) is 9.47 Å². The van der Waals surface area contributed by atoms with E-state index in [1.165, 1.54) is 6.33 Å². The largest absolute Gasteiger partial charge is 0.493 e. The molecule has 0 aliphatic rings. The standard InChI is InChI=1S/C21H24N4O3/c1-5-28-19-11-8-17(12-20(19)27-4)21(26)24(3)15(2)16-6-9-18(10-7-16)25-14-22-13-23-25/h6-15H,5H2,1-4H3/t15-/m0/s1. The molecule has 1 aromatic heterocycles. The van der Waals surface area contributed by atoms with E-state index in [0.717, 1.165) is 11.3 Å². The van der Waals surface area contributed by atoms with Crippen molar-refractivity contribution in [2.24, 2.45) is 0 Å². The number of aromatic nitrogens is 3. The molecule has 0 unspecified atom stereocenters. The molecule has 0 aliphatic heterocycles. The maximum Gasteiger partial charge on any atom is 0.254 e. The van der Waals surface area contributed by atoms with E-state index in [0.29, 0.717) is 23.7 Å². The first-order valence-electron chi connectivity index (χ1n) is 9.08. The first kappa shape index (κ1) is 19.4. The molecule has 0 aliphatic carbocycles. The predicted molar refractivity (Wildman–Crippen MR) is 106 cm³/mol. The summed E-state index contributed by atoms with van der Waals surface area (Å²) in [5, 5.41) is 4.12. The van der Waals surface area contributed by atoms with E-state index in [1.807, 2.05) is 38.1 Å². The fourth-order valence-corrected chi connectivity index (χ4v) is 2.93. The second kappa shape index (κ2) is 8.56. The van der Waals surface area contributed by atoms with Gasteiger partial charge < -0.3 is 14.4 Å². The molecule has 0 saturated heterocycles. The average molecular weight is 380 g/mol. The van der Waals surface area contributed by atoms with Gasteiger partial charge in [-0.15, -0.1) is 0 Å². The van der Waals surface area contributed by atoms with Gasteiger partial charge in [-0.1, -0.05) is 12.1 Å². The number of carbonyl (C=O) groups excluding carboxylic acids is 1. The lowest BCUT2D eigenvalue weighted by molar-refractivity contribution is 0.0742. The van der Waals surface area contributed by atoms with Crippen LogP contribution in [0.4, 0.5) is 0 Å². The zero-order valence-corrected chi connectivity index (χ0v) is 16.5. The Kier molecular flexibility index (Phi) is 5.93. The highest BCUT2D eigenvalue weighted by molar-refractivity contribution is 5.95. The van der Waals surface area contributed by atoms with Gasteiger partial charge in [0.25, 0.3) is 5.91 Å². The summed E-state index contributed by atoms with van der Waals surface area (Å²) in [5.74, 6) is 1.08. The van der Waals surface area contributed by atoms with E-state index in [9.17, 15) is 4.79 Å². The summed E-state index contributed by atoms with van der Waals surface area (Å²) in [6, 6.07) is 13.0. The molecule has 1 amide bonds. The molecular formula is C21H24N4O3. The van der Waals surface area contributed by atoms with Gasteiger partial charge in [0.2, 0.25) is 0 Å². The number of hydrogen-bond acceptors (Lipinski definition) is 5. The topological polar surface area (TPSA) is 69.5 Å². The maximum atomic E-state index is 13.0. The molecule has 0 radical (unpaired) electrons. The van der Waals surface area contributed by atoms with Crippen LogP contribution < -0.4 is 9.47 Å². The van der Waals surface area contributed by atoms with E-state index in [2.05, 4.69) is 10.1 Å². The maximum absolute atomic E-state index is 13.0. The fourth-order valence-electron chi connectivity index (χ4n) is 2.93. The minimum atomic E-state index is -0.102. The SMILES string of the molecule is CCOc1ccc(C(=O)N(C)[C@@H](C)c2ccc(-n3cncn3)cc2)cc1OC. The third-order valence-corrected chi connectivity index (χ3v) is 4.67. The summed E-state index contributed by atoms with van der Waals surface area (Å²) in [6.45, 7) is 4.43. The summed E-state index contributed by atoms with van der Waals surface area (Å²) in [4.78, 5) is 18.6. The Morgan fingerprint density at radius 1 is 1.18 bits per heavy atom. The molecule has 0 saturated carbocycles. The van der Waals surface area contributed by atoms with Crippen molar-refractivity contribution in [1.29, 1.82) is 0 Å². The van der Waals surface area contributed by atoms with Crippen molar-refractivity contribution in [3.63, 3.8) is 0 Å². The summed E-state index contributed by atoms with van der Waals surface area (Å²) in [7, 11) is 3.36. The van der Waals surface area contributed by atoms with Gasteiger partial charge in [-0.3, -0.25) is 4.79 Å². The van der Waals surface area contributed by atoms with Gasteiger partial charge in [-0.25, -0.2) is 9.67 Å². The van der Waals surface area contributed by atoms with Crippen LogP contribution in [0.1, 0.15) is 35.8 Å². The van der Waals surface area contributed by atoms with Crippen LogP contribution >= 0.6 is 0 Å². The van der Waals surface area contributed by atoms with Crippen molar-refractivity contribution in [1.82, 2.24) is 19.7 Å². The highest BCUT2D eigenvalue weighted by Gasteiger charge is 2.20. The van der Waals surface area contributed by atoms with Gasteiger partial charge >= 0.3 is 0 Å². The summed E-state index contributed by atoms with van der Waals surface area (Å²) >= 11 is 0. The van der Waals surface area contributed by atoms with Crippen LogP contribution in [0.3, 0.4) is 0 Å². The highest BCUT2D eigenvalue weighted by atomic mass is 16.5. The number of hydrogen-bond donors (Lipinski definition) is 0. The minimum absolute atomic E-state index is 0.0887. The van der Waals surface area contributed by atoms with E-state index in [1.54, 1.807) is 48.3 Å². The van der Waals surface area contributed by atoms with Crippen LogP contribution in [0.15, 0.2) is 55.1 Å². The molecule has 3 aromatic rings. The van der Waals surface area contributed by atoms with Crippen molar-refractivity contribution < 1.29 is 14.3 Å². The van der Waals surface area contributed by atoms with Crippen molar-refractivity contribution in [2.45, 2.75) is 19.9 Å². The predicted octanol–water partition coefficient (Wildman–Crippen LogP) is 3.51. The monoisotopic (exact) mass is 380 g/mol. The van der Waals surface area contributed by atoms with Crippen LogP contribution in [0.25, 0.3) is 5.69 Å². The number of benzene rings is 2. The number of nitrogens with zero attached hydrogens (tertiary/aromatic N) is 4. The molecule has 2 aromatic carbocycles. The Hall–Kier alpha value is -3.35. The molecule has 3 rings (SSSR count). The summed E-state index contributed by atoms with van der Waals surface area (Å²) in [6.07, 6.45) is 3.14. The normalized spacial score (nSPS) is 11.7. The lowest BCUT2D eigenvalue weighted by Crippen LogP contribution is -2.29. The fraction of sp³-hybridized carbons (Fsp3) is 0.286. The van der Waals surface area contributed by atoms with E-state index >= 15 is 0 Å². The van der Waals surface area contributed by atoms with Crippen LogP contribution in [-0.4, -0.2) is 46.3 Å². The highest BCUT2D eigenvalue weighted by Crippen LogP contribution is 2.29. The lowest BCUT2D eigenvalue weighted by atomic mass is 10.1. The van der Waals surface area contributed by atoms with Crippen molar-refractivity contribution in [2.75, 3.05) is 20.8 Å². The Bertz CT molecular complexity index is 923. The number of amides is 1. The van der Waals surface area contributed by atoms with E-state index in [-0.39, 0.29) is 11.9 Å². The Labute approximate surface area is 164 Å². The molecule has 28 heavy (non-hydrogen) atoms. The van der Waals surface area contributed by atoms with E-state index < -0.39 is 0 Å². The first-order valence-corrected chi connectivity index (χ1v) is 9.08. The molecule has 0 bridgehead atoms. The van der Waals surface area contributed by atoms with Crippen molar-refractivity contribution in [3.05, 3.63) is 66.2 Å². The van der Waals surface area contributed by atoms with Crippen LogP contribution in [-0.2, 0) is 0 Å².